The van der Waals surface area contributed by atoms with Crippen molar-refractivity contribution in [2.45, 2.75) is 357 Å². The van der Waals surface area contributed by atoms with Crippen LogP contribution in [0.1, 0.15) is 178 Å². The number of nitrogens with two attached hydrogens (primary N) is 1. The van der Waals surface area contributed by atoms with Gasteiger partial charge in [0.1, 0.15) is 71.3 Å². The molecule has 0 saturated carbocycles. The van der Waals surface area contributed by atoms with Gasteiger partial charge in [0.05, 0.1) is 19.8 Å². The van der Waals surface area contributed by atoms with Crippen LogP contribution in [0, 0.1) is 39.0 Å². The van der Waals surface area contributed by atoms with Crippen LogP contribution in [0.4, 0.5) is 19.0 Å². The Morgan fingerprint density at radius 2 is 0.761 bits per heavy atom. The zero-order valence-corrected chi connectivity index (χ0v) is 83.1. The Morgan fingerprint density at radius 3 is 1.05 bits per heavy atom. The summed E-state index contributed by atoms with van der Waals surface area (Å²) in [4.78, 5) is 59.0. The highest BCUT2D eigenvalue weighted by Crippen LogP contribution is 2.56. The number of nitrogens with zero attached hydrogens (tertiary/aromatic N) is 4. The summed E-state index contributed by atoms with van der Waals surface area (Å²) in [5.74, 6) is 8.78. The number of rotatable bonds is 15. The van der Waals surface area contributed by atoms with E-state index in [1.54, 1.807) is 6.07 Å². The Hall–Kier alpha value is -3.60. The van der Waals surface area contributed by atoms with E-state index >= 15 is 13.2 Å². The molecule has 23 nitrogen and oxygen atoms in total. The predicted octanol–water partition coefficient (Wildman–Crippen LogP) is 16.2. The Bertz CT molecular complexity index is 4100. The lowest BCUT2D eigenvalue weighted by Gasteiger charge is -2.51. The molecule has 1 unspecified atom stereocenters. The maximum Gasteiger partial charge on any atom is 0.351 e. The normalized spacial score (nSPS) is 30.2. The van der Waals surface area contributed by atoms with E-state index in [1.165, 1.54) is 35.3 Å². The molecule has 13 atom stereocenters. The van der Waals surface area contributed by atoms with Crippen LogP contribution < -0.4 is 28.4 Å². The minimum absolute atomic E-state index is 0.0121. The molecular formula is C77H134F3N7O16SSi9. The van der Waals surface area contributed by atoms with Gasteiger partial charge in [-0.3, -0.25) is 28.5 Å². The topological polar surface area (TPSA) is 264 Å². The molecule has 0 aliphatic carbocycles. The van der Waals surface area contributed by atoms with Gasteiger partial charge in [0, 0.05) is 24.7 Å². The molecule has 6 fully saturated rings. The molecule has 4 N–H and O–H groups in total. The third-order valence-electron chi connectivity index (χ3n) is 22.2. The van der Waals surface area contributed by atoms with Gasteiger partial charge in [-0.1, -0.05) is 248 Å². The molecule has 6 saturated heterocycles. The molecule has 36 heteroatoms. The molecule has 0 aromatic carbocycles. The fourth-order valence-electron chi connectivity index (χ4n) is 16.0. The molecule has 3 aromatic heterocycles. The second kappa shape index (κ2) is 36.0. The van der Waals surface area contributed by atoms with Crippen molar-refractivity contribution in [1.82, 2.24) is 28.7 Å². The van der Waals surface area contributed by atoms with Gasteiger partial charge in [-0.25, -0.2) is 27.6 Å². The van der Waals surface area contributed by atoms with Crippen molar-refractivity contribution in [3.8, 4) is 34.4 Å². The van der Waals surface area contributed by atoms with E-state index in [4.69, 9.17) is 71.1 Å². The first-order valence-electron chi connectivity index (χ1n) is 40.5. The molecule has 636 valence electrons. The van der Waals surface area contributed by atoms with Crippen LogP contribution in [0.2, 0.25) is 126 Å². The maximum atomic E-state index is 17.6. The largest absolute Gasteiger partial charge is 0.414 e. The minimum Gasteiger partial charge on any atom is -0.414 e. The predicted molar refractivity (Wildman–Crippen MR) is 464 cm³/mol. The number of alkyl halides is 3. The molecule has 6 aliphatic rings. The number of nitrogen functional groups attached to an aromatic ring is 1. The first-order chi connectivity index (χ1) is 51.8. The minimum atomic E-state index is -3.17. The fourth-order valence-corrected chi connectivity index (χ4v) is 50.7. The zero-order chi connectivity index (χ0) is 85.7. The Labute approximate surface area is 684 Å². The van der Waals surface area contributed by atoms with Gasteiger partial charge >= 0.3 is 68.4 Å². The molecule has 9 rings (SSSR count). The number of anilines is 1. The first-order valence-corrected chi connectivity index (χ1v) is 63.4. The van der Waals surface area contributed by atoms with Crippen LogP contribution in [0.5, 0.6) is 0 Å². The van der Waals surface area contributed by atoms with E-state index in [-0.39, 0.29) is 91.2 Å². The number of hydrogen-bond donors (Lipinski definition) is 3. The highest BCUT2D eigenvalue weighted by atomic mass is 32.1. The Kier molecular flexibility index (Phi) is 30.7. The first kappa shape index (κ1) is 96.5. The molecule has 6 aliphatic heterocycles. The quantitative estimate of drug-likeness (QED) is 0.0725. The van der Waals surface area contributed by atoms with E-state index in [0.717, 1.165) is 15.2 Å². The molecule has 3 aromatic rings. The third kappa shape index (κ3) is 19.9. The monoisotopic (exact) mass is 1750 g/mol. The van der Waals surface area contributed by atoms with Gasteiger partial charge in [0.15, 0.2) is 18.7 Å². The van der Waals surface area contributed by atoms with Gasteiger partial charge in [0.25, 0.3) is 5.56 Å². The van der Waals surface area contributed by atoms with Crippen LogP contribution in [0.25, 0.3) is 0 Å². The molecule has 0 bridgehead atoms. The Morgan fingerprint density at radius 1 is 0.460 bits per heavy atom. The lowest BCUT2D eigenvalue weighted by atomic mass is 9.97. The standard InChI is InChI=1S/C26H45FN2O6Si3.C26H45FN2O5SSi3.C25H44FN3O5Si3/c1-17(2)37(18(3)4)32-16-21-23(34-38(35-37,19(5)6)20(7)8)26(27,13-15-36(9,10)11)24(33-21)29-14-12-22(30)28-25(29)31;1-17(2)37(18(3)4)31-16-21-23(33-38(34-37,19(5)6)20(7)8)26(27,13-15-36(9,10)11)24(32-21)29-14-12-22(35)28-25(29)30;1-11-36(17(2)3)31-16-20-22(33-37(34-36,18(4)5)19(6)7)25(26,13-15-35(8,9)10)23(32-20)29-14-12-21(27)28-24(29)30/h12,14,17-21,23-24H,16H2,1-11H3,(H,28,30,31);12,14,17-21,23-24H,16H2,1-11H3,(H,28,30,35);12,14,17-20,22-23H,11,16H2,1-10H3,(H2,27,28,30)/t2*21-,23-,24-,26-;20-,22-,23-,25-,36?/m111/s1. The summed E-state index contributed by atoms with van der Waals surface area (Å²) in [5.41, 5.74) is 6.31. The number of ether oxygens (including phenoxy) is 3. The van der Waals surface area contributed by atoms with Gasteiger partial charge in [0.2, 0.25) is 17.0 Å². The second-order valence-electron chi connectivity index (χ2n) is 37.8. The van der Waals surface area contributed by atoms with Crippen molar-refractivity contribution in [1.29, 1.82) is 0 Å². The summed E-state index contributed by atoms with van der Waals surface area (Å²) in [6.45, 7) is 66.8. The van der Waals surface area contributed by atoms with Crippen LogP contribution >= 0.6 is 12.2 Å². The highest BCUT2D eigenvalue weighted by molar-refractivity contribution is 7.71. The number of H-pyrrole nitrogens is 2. The van der Waals surface area contributed by atoms with Crippen LogP contribution in [0.3, 0.4) is 0 Å². The SMILES string of the molecule is CC(C)[Si]1(C(C)C)OC[C@H]2O[C@@H](n3ccc(=O)[nH]c3=O)[C@@](F)(C#C[Si](C)(C)C)[C@@H]2O[Si](C(C)C)(C(C)C)O1.CC(C)[Si]1(C(C)C)OC[C@H]2O[C@@H](n3ccc(=S)[nH]c3=O)[C@@](F)(C#C[Si](C)(C)C)[C@@H]2O[Si](C(C)C)(C(C)C)O1.CC[Si]1(C(C)C)OC[C@H]2O[C@@H](n3ccc(N)nc3=O)[C@@](F)(C#C[Si](C)(C)C)[C@@H]2O[Si](C(C)C)(C(C)C)O1. The molecule has 0 amide bonds. The van der Waals surface area contributed by atoms with E-state index in [1.807, 2.05) is 39.3 Å². The summed E-state index contributed by atoms with van der Waals surface area (Å²) in [6.07, 6.45) is -5.69. The molecular weight excluding hydrogens is 1620 g/mol. The molecule has 0 spiro atoms. The van der Waals surface area contributed by atoms with Crippen LogP contribution in [0.15, 0.2) is 56.0 Å². The number of fused-ring (bicyclic) bond motifs is 3. The summed E-state index contributed by atoms with van der Waals surface area (Å²) >= 11 is 5.11. The molecule has 9 heterocycles. The highest BCUT2D eigenvalue weighted by Gasteiger charge is 2.71. The summed E-state index contributed by atoms with van der Waals surface area (Å²) in [5, 5.41) is 0. The summed E-state index contributed by atoms with van der Waals surface area (Å²) < 4.78 is 138. The average molecular weight is 1760 g/mol. The van der Waals surface area contributed by atoms with Crippen LogP contribution in [-0.4, -0.2) is 178 Å². The third-order valence-corrected chi connectivity index (χ3v) is 55.4. The number of aromatic nitrogens is 6. The van der Waals surface area contributed by atoms with Crippen LogP contribution in [-0.2, 0) is 53.1 Å². The number of nitrogens with one attached hydrogen (secondary N) is 2. The lowest BCUT2D eigenvalue weighted by Crippen LogP contribution is -2.66. The fraction of sp³-hybridized carbons (Fsp3) is 0.766. The van der Waals surface area contributed by atoms with E-state index in [0.29, 0.717) is 0 Å². The molecule has 0 radical (unpaired) electrons. The summed E-state index contributed by atoms with van der Waals surface area (Å²) in [7, 11) is -23.9. The maximum absolute atomic E-state index is 17.6. The van der Waals surface area contributed by atoms with E-state index in [2.05, 4.69) is 228 Å². The van der Waals surface area contributed by atoms with Crippen molar-refractivity contribution in [3.63, 3.8) is 0 Å². The van der Waals surface area contributed by atoms with Crippen molar-refractivity contribution >= 4 is 93.6 Å². The van der Waals surface area contributed by atoms with Gasteiger partial charge in [-0.15, -0.1) is 16.6 Å². The molecule has 113 heavy (non-hydrogen) atoms. The summed E-state index contributed by atoms with van der Waals surface area (Å²) in [6, 6.07) is 4.91. The Balaban J connectivity index is 0.000000235. The van der Waals surface area contributed by atoms with Gasteiger partial charge < -0.3 is 58.8 Å². The van der Waals surface area contributed by atoms with Crippen molar-refractivity contribution < 1.29 is 66.3 Å². The van der Waals surface area contributed by atoms with Crippen molar-refractivity contribution in [3.05, 3.63) is 83.2 Å². The second-order valence-corrected chi connectivity index (χ2v) is 78.7. The number of aromatic amines is 2. The van der Waals surface area contributed by atoms with Crippen molar-refractivity contribution in [2.24, 2.45) is 0 Å². The average Bonchev–Trinajstić information content (AvgIpc) is 1.57. The lowest BCUT2D eigenvalue weighted by molar-refractivity contribution is -0.0598. The smallest absolute Gasteiger partial charge is 0.351 e. The number of halogens is 3. The van der Waals surface area contributed by atoms with Gasteiger partial charge in [-0.05, 0) is 79.1 Å². The van der Waals surface area contributed by atoms with E-state index in [9.17, 15) is 19.2 Å². The van der Waals surface area contributed by atoms with Crippen molar-refractivity contribution in [2.75, 3.05) is 25.6 Å². The van der Waals surface area contributed by atoms with Gasteiger partial charge in [-0.2, -0.15) is 4.98 Å². The number of hydrogen-bond acceptors (Lipinski definition) is 19. The zero-order valence-electron chi connectivity index (χ0n) is 73.3. The van der Waals surface area contributed by atoms with E-state index < -0.39 is 171 Å².